The zero-order valence-electron chi connectivity index (χ0n) is 9.77. The predicted molar refractivity (Wildman–Crippen MR) is 61.9 cm³/mol. The van der Waals surface area contributed by atoms with E-state index in [-0.39, 0.29) is 0 Å². The van der Waals surface area contributed by atoms with Crippen LogP contribution in [-0.2, 0) is 4.79 Å². The molecule has 3 fully saturated rings. The number of hydrogen-bond donors (Lipinski definition) is 1. The van der Waals surface area contributed by atoms with Gasteiger partial charge < -0.3 is 10.6 Å². The van der Waals surface area contributed by atoms with Crippen LogP contribution in [0.5, 0.6) is 0 Å². The highest BCUT2D eigenvalue weighted by Gasteiger charge is 2.38. The number of hydrogen-bond acceptors (Lipinski definition) is 3. The molecule has 0 aromatic carbocycles. The third kappa shape index (κ3) is 1.74. The first-order chi connectivity index (χ1) is 7.74. The predicted octanol–water partition coefficient (Wildman–Crippen LogP) is 0.173. The topological polar surface area (TPSA) is 49.6 Å². The molecule has 0 radical (unpaired) electrons. The molecule has 4 nitrogen and oxygen atoms in total. The number of amides is 1. The monoisotopic (exact) mass is 223 g/mol. The first-order valence-corrected chi connectivity index (χ1v) is 6.53. The van der Waals surface area contributed by atoms with Gasteiger partial charge in [-0.3, -0.25) is 9.69 Å². The van der Waals surface area contributed by atoms with Crippen molar-refractivity contribution in [1.29, 1.82) is 0 Å². The molecule has 3 rings (SSSR count). The van der Waals surface area contributed by atoms with Crippen LogP contribution in [0.15, 0.2) is 0 Å². The summed E-state index contributed by atoms with van der Waals surface area (Å²) in [6.45, 7) is 3.08. The molecular formula is C12H21N3O. The highest BCUT2D eigenvalue weighted by Crippen LogP contribution is 2.28. The first-order valence-electron chi connectivity index (χ1n) is 6.53. The van der Waals surface area contributed by atoms with E-state index < -0.39 is 0 Å². The zero-order chi connectivity index (χ0) is 11.1. The Morgan fingerprint density at radius 1 is 1.12 bits per heavy atom. The molecule has 1 saturated carbocycles. The van der Waals surface area contributed by atoms with Gasteiger partial charge in [-0.25, -0.2) is 0 Å². The Hall–Kier alpha value is -0.610. The van der Waals surface area contributed by atoms with E-state index in [9.17, 15) is 4.79 Å². The maximum atomic E-state index is 11.6. The maximum absolute atomic E-state index is 11.6. The van der Waals surface area contributed by atoms with Gasteiger partial charge in [0.05, 0.1) is 0 Å². The number of carbonyl (C=O) groups is 1. The van der Waals surface area contributed by atoms with Crippen LogP contribution in [0.2, 0.25) is 0 Å². The van der Waals surface area contributed by atoms with Gasteiger partial charge >= 0.3 is 0 Å². The molecule has 1 aliphatic carbocycles. The van der Waals surface area contributed by atoms with Crippen molar-refractivity contribution in [1.82, 2.24) is 9.80 Å². The summed E-state index contributed by atoms with van der Waals surface area (Å²) >= 11 is 0. The third-order valence-corrected chi connectivity index (χ3v) is 4.49. The number of carbonyl (C=O) groups excluding carboxylic acids is 1. The molecule has 0 bridgehead atoms. The molecule has 2 N–H and O–H groups in total. The SMILES string of the molecule is N[C@H]1CC[C@H](N2CCN3C(=O)CC[C@H]3C2)C1. The number of fused-ring (bicyclic) bond motifs is 1. The molecule has 2 saturated heterocycles. The fourth-order valence-electron chi connectivity index (χ4n) is 3.54. The van der Waals surface area contributed by atoms with Gasteiger partial charge in [-0.2, -0.15) is 0 Å². The van der Waals surface area contributed by atoms with Crippen LogP contribution in [0, 0.1) is 0 Å². The lowest BCUT2D eigenvalue weighted by molar-refractivity contribution is -0.131. The quantitative estimate of drug-likeness (QED) is 0.689. The Labute approximate surface area is 96.8 Å². The average Bonchev–Trinajstić information content (AvgIpc) is 2.86. The molecule has 1 amide bonds. The Morgan fingerprint density at radius 3 is 2.75 bits per heavy atom. The van der Waals surface area contributed by atoms with Gasteiger partial charge in [0.25, 0.3) is 0 Å². The van der Waals surface area contributed by atoms with Crippen LogP contribution in [0.25, 0.3) is 0 Å². The van der Waals surface area contributed by atoms with Crippen molar-refractivity contribution < 1.29 is 4.79 Å². The number of piperazine rings is 1. The fourth-order valence-corrected chi connectivity index (χ4v) is 3.54. The summed E-state index contributed by atoms with van der Waals surface area (Å²) in [5.74, 6) is 0.368. The first kappa shape index (κ1) is 10.5. The summed E-state index contributed by atoms with van der Waals surface area (Å²) < 4.78 is 0. The second kappa shape index (κ2) is 4.00. The van der Waals surface area contributed by atoms with E-state index >= 15 is 0 Å². The normalized spacial score (nSPS) is 40.4. The van der Waals surface area contributed by atoms with Crippen molar-refractivity contribution in [3.05, 3.63) is 0 Å². The summed E-state index contributed by atoms with van der Waals surface area (Å²) in [7, 11) is 0. The molecule has 3 atom stereocenters. The van der Waals surface area contributed by atoms with E-state index in [1.807, 2.05) is 0 Å². The zero-order valence-corrected chi connectivity index (χ0v) is 9.77. The lowest BCUT2D eigenvalue weighted by Crippen LogP contribution is -2.54. The van der Waals surface area contributed by atoms with E-state index in [0.29, 0.717) is 24.0 Å². The molecule has 0 spiro atoms. The Morgan fingerprint density at radius 2 is 2.00 bits per heavy atom. The standard InChI is InChI=1S/C12H21N3O/c13-9-1-2-10(7-9)14-5-6-15-11(8-14)3-4-12(15)16/h9-11H,1-8,13H2/t9-,10-,11-/m0/s1. The van der Waals surface area contributed by atoms with Gasteiger partial charge in [0, 0.05) is 44.2 Å². The summed E-state index contributed by atoms with van der Waals surface area (Å²) in [6.07, 6.45) is 5.41. The molecule has 16 heavy (non-hydrogen) atoms. The van der Waals surface area contributed by atoms with Gasteiger partial charge in [-0.1, -0.05) is 0 Å². The summed E-state index contributed by atoms with van der Waals surface area (Å²) in [4.78, 5) is 16.2. The minimum absolute atomic E-state index is 0.368. The highest BCUT2D eigenvalue weighted by molar-refractivity contribution is 5.78. The second-order valence-corrected chi connectivity index (χ2v) is 5.50. The summed E-state index contributed by atoms with van der Waals surface area (Å²) in [6, 6.07) is 1.60. The van der Waals surface area contributed by atoms with E-state index in [2.05, 4.69) is 9.80 Å². The maximum Gasteiger partial charge on any atom is 0.222 e. The number of nitrogens with zero attached hydrogens (tertiary/aromatic N) is 2. The lowest BCUT2D eigenvalue weighted by atomic mass is 10.1. The van der Waals surface area contributed by atoms with Crippen molar-refractivity contribution in [2.75, 3.05) is 19.6 Å². The third-order valence-electron chi connectivity index (χ3n) is 4.49. The van der Waals surface area contributed by atoms with E-state index in [4.69, 9.17) is 5.73 Å². The van der Waals surface area contributed by atoms with Gasteiger partial charge in [-0.05, 0) is 25.7 Å². The summed E-state index contributed by atoms with van der Waals surface area (Å²) in [5.41, 5.74) is 5.97. The number of nitrogens with two attached hydrogens (primary N) is 1. The minimum Gasteiger partial charge on any atom is -0.337 e. The van der Waals surface area contributed by atoms with Gasteiger partial charge in [0.2, 0.25) is 5.91 Å². The molecule has 0 aromatic heterocycles. The van der Waals surface area contributed by atoms with E-state index in [0.717, 1.165) is 38.9 Å². The molecule has 0 unspecified atom stereocenters. The fraction of sp³-hybridized carbons (Fsp3) is 0.917. The molecule has 3 aliphatic rings. The Kier molecular flexibility index (Phi) is 2.64. The highest BCUT2D eigenvalue weighted by atomic mass is 16.2. The number of rotatable bonds is 1. The summed E-state index contributed by atoms with van der Waals surface area (Å²) in [5, 5.41) is 0. The van der Waals surface area contributed by atoms with E-state index in [1.165, 1.54) is 12.8 Å². The minimum atomic E-state index is 0.368. The lowest BCUT2D eigenvalue weighted by Gasteiger charge is -2.40. The molecule has 0 aromatic rings. The van der Waals surface area contributed by atoms with Gasteiger partial charge in [-0.15, -0.1) is 0 Å². The molecule has 90 valence electrons. The largest absolute Gasteiger partial charge is 0.337 e. The van der Waals surface area contributed by atoms with Crippen LogP contribution >= 0.6 is 0 Å². The van der Waals surface area contributed by atoms with Gasteiger partial charge in [0.15, 0.2) is 0 Å². The van der Waals surface area contributed by atoms with Crippen LogP contribution in [-0.4, -0.2) is 53.5 Å². The van der Waals surface area contributed by atoms with Crippen molar-refractivity contribution in [3.8, 4) is 0 Å². The van der Waals surface area contributed by atoms with Crippen LogP contribution in [0.4, 0.5) is 0 Å². The van der Waals surface area contributed by atoms with Crippen molar-refractivity contribution in [2.45, 2.75) is 50.2 Å². The van der Waals surface area contributed by atoms with Crippen LogP contribution < -0.4 is 5.73 Å². The average molecular weight is 223 g/mol. The smallest absolute Gasteiger partial charge is 0.222 e. The van der Waals surface area contributed by atoms with Crippen molar-refractivity contribution in [2.24, 2.45) is 5.73 Å². The molecule has 2 aliphatic heterocycles. The Balaban J connectivity index is 1.62. The molecule has 4 heteroatoms. The van der Waals surface area contributed by atoms with E-state index in [1.54, 1.807) is 0 Å². The molecular weight excluding hydrogens is 202 g/mol. The second-order valence-electron chi connectivity index (χ2n) is 5.50. The Bertz CT molecular complexity index is 294. The van der Waals surface area contributed by atoms with Crippen molar-refractivity contribution >= 4 is 5.91 Å². The van der Waals surface area contributed by atoms with Gasteiger partial charge in [0.1, 0.15) is 0 Å². The van der Waals surface area contributed by atoms with Crippen LogP contribution in [0.3, 0.4) is 0 Å². The van der Waals surface area contributed by atoms with Crippen LogP contribution in [0.1, 0.15) is 32.1 Å². The molecule has 2 heterocycles. The van der Waals surface area contributed by atoms with Crippen molar-refractivity contribution in [3.63, 3.8) is 0 Å².